The van der Waals surface area contributed by atoms with Gasteiger partial charge in [0.05, 0.1) is 17.5 Å². The van der Waals surface area contributed by atoms with Gasteiger partial charge in [-0.15, -0.1) is 4.65 Å². The summed E-state index contributed by atoms with van der Waals surface area (Å²) in [4.78, 5) is 19.1. The molecule has 0 spiro atoms. The molecular formula is C20H31N2O5S+. The SMILES string of the molecule is CC[N+](CC)(CC)OC(=O)CC[N+]1=C(C)C(C)(C)c2cc(SOO[O-])ccc21. The van der Waals surface area contributed by atoms with Crippen LogP contribution in [0.15, 0.2) is 23.1 Å². The molecular weight excluding hydrogens is 380 g/mol. The first kappa shape index (κ1) is 22.8. The molecule has 2 rings (SSSR count). The third-order valence-corrected chi connectivity index (χ3v) is 6.53. The van der Waals surface area contributed by atoms with Gasteiger partial charge in [0.1, 0.15) is 26.1 Å². The van der Waals surface area contributed by atoms with E-state index in [0.29, 0.717) is 17.6 Å². The van der Waals surface area contributed by atoms with Crippen molar-refractivity contribution in [3.63, 3.8) is 0 Å². The van der Waals surface area contributed by atoms with Crippen LogP contribution in [0.1, 0.15) is 53.5 Å². The second-order valence-electron chi connectivity index (χ2n) is 7.48. The molecule has 28 heavy (non-hydrogen) atoms. The van der Waals surface area contributed by atoms with Gasteiger partial charge in [0.25, 0.3) is 0 Å². The fourth-order valence-electron chi connectivity index (χ4n) is 3.69. The van der Waals surface area contributed by atoms with Crippen LogP contribution in [0.2, 0.25) is 0 Å². The van der Waals surface area contributed by atoms with Crippen LogP contribution in [0.3, 0.4) is 0 Å². The van der Waals surface area contributed by atoms with E-state index in [1.54, 1.807) is 0 Å². The minimum atomic E-state index is -0.190. The van der Waals surface area contributed by atoms with E-state index in [0.717, 1.165) is 47.8 Å². The van der Waals surface area contributed by atoms with Gasteiger partial charge in [0, 0.05) is 23.4 Å². The summed E-state index contributed by atoms with van der Waals surface area (Å²) in [7, 11) is 0. The van der Waals surface area contributed by atoms with Gasteiger partial charge in [-0.3, -0.25) is 9.88 Å². The number of hydrogen-bond acceptors (Lipinski definition) is 6. The number of carbonyl (C=O) groups excluding carboxylic acids is 1. The smallest absolute Gasteiger partial charge is 0.373 e. The van der Waals surface area contributed by atoms with Crippen LogP contribution < -0.4 is 5.26 Å². The maximum atomic E-state index is 12.5. The summed E-state index contributed by atoms with van der Waals surface area (Å²) in [5, 5.41) is 13.5. The van der Waals surface area contributed by atoms with E-state index in [1.807, 2.05) is 39.0 Å². The number of quaternary nitrogens is 1. The Morgan fingerprint density at radius 1 is 1.21 bits per heavy atom. The number of rotatable bonds is 10. The van der Waals surface area contributed by atoms with Gasteiger partial charge in [-0.2, -0.15) is 8.91 Å². The van der Waals surface area contributed by atoms with Crippen LogP contribution in [-0.4, -0.2) is 47.1 Å². The summed E-state index contributed by atoms with van der Waals surface area (Å²) in [6.07, 6.45) is 0.316. The van der Waals surface area contributed by atoms with Crippen LogP contribution in [0, 0.1) is 0 Å². The van der Waals surface area contributed by atoms with E-state index in [-0.39, 0.29) is 11.4 Å². The molecule has 0 amide bonds. The zero-order chi connectivity index (χ0) is 20.9. The number of benzene rings is 1. The molecule has 0 saturated carbocycles. The number of hydroxylamine groups is 3. The van der Waals surface area contributed by atoms with Crippen molar-refractivity contribution >= 4 is 29.4 Å². The monoisotopic (exact) mass is 411 g/mol. The first-order valence-corrected chi connectivity index (χ1v) is 10.5. The molecule has 0 unspecified atom stereocenters. The van der Waals surface area contributed by atoms with E-state index in [2.05, 4.69) is 34.7 Å². The van der Waals surface area contributed by atoms with Crippen molar-refractivity contribution in [3.05, 3.63) is 23.8 Å². The van der Waals surface area contributed by atoms with Crippen LogP contribution >= 0.6 is 12.0 Å². The van der Waals surface area contributed by atoms with Crippen LogP contribution in [0.4, 0.5) is 5.69 Å². The highest BCUT2D eigenvalue weighted by Crippen LogP contribution is 2.41. The summed E-state index contributed by atoms with van der Waals surface area (Å²) in [5.74, 6) is -0.183. The Morgan fingerprint density at radius 3 is 2.43 bits per heavy atom. The Hall–Kier alpha value is -1.45. The molecule has 1 aliphatic heterocycles. The first-order valence-electron chi connectivity index (χ1n) is 9.72. The maximum absolute atomic E-state index is 12.5. The number of nitrogens with zero attached hydrogens (tertiary/aromatic N) is 2. The highest BCUT2D eigenvalue weighted by molar-refractivity contribution is 7.94. The fourth-order valence-corrected chi connectivity index (χ4v) is 4.08. The molecule has 1 aliphatic rings. The average molecular weight is 412 g/mol. The molecule has 0 fully saturated rings. The predicted molar refractivity (Wildman–Crippen MR) is 106 cm³/mol. The highest BCUT2D eigenvalue weighted by atomic mass is 32.2. The molecule has 0 saturated heterocycles. The van der Waals surface area contributed by atoms with Gasteiger partial charge in [0.2, 0.25) is 5.69 Å². The highest BCUT2D eigenvalue weighted by Gasteiger charge is 2.43. The molecule has 8 heteroatoms. The summed E-state index contributed by atoms with van der Waals surface area (Å²) >= 11 is 0.883. The van der Waals surface area contributed by atoms with Crippen LogP contribution in [0.5, 0.6) is 0 Å². The third-order valence-electron chi connectivity index (χ3n) is 5.96. The molecule has 0 aliphatic carbocycles. The molecule has 1 aromatic carbocycles. The molecule has 156 valence electrons. The van der Waals surface area contributed by atoms with Gasteiger partial charge in [-0.25, -0.2) is 4.79 Å². The van der Waals surface area contributed by atoms with Crippen molar-refractivity contribution in [2.45, 2.75) is 58.3 Å². The molecule has 0 radical (unpaired) electrons. The Labute approximate surface area is 171 Å². The number of hydrogen-bond donors (Lipinski definition) is 0. The zero-order valence-electron chi connectivity index (χ0n) is 17.6. The van der Waals surface area contributed by atoms with Gasteiger partial charge in [-0.1, -0.05) is 0 Å². The largest absolute Gasteiger partial charge is 0.691 e. The lowest BCUT2D eigenvalue weighted by Gasteiger charge is -2.31. The topological polar surface area (TPSA) is 70.8 Å². The number of carbonyl (C=O) groups is 1. The van der Waals surface area contributed by atoms with Crippen molar-refractivity contribution in [2.24, 2.45) is 0 Å². The molecule has 1 aromatic rings. The van der Waals surface area contributed by atoms with Crippen molar-refractivity contribution in [1.29, 1.82) is 0 Å². The van der Waals surface area contributed by atoms with E-state index in [4.69, 9.17) is 4.84 Å². The number of fused-ring (bicyclic) bond motifs is 1. The lowest BCUT2D eigenvalue weighted by atomic mass is 9.82. The lowest BCUT2D eigenvalue weighted by Crippen LogP contribution is -2.49. The van der Waals surface area contributed by atoms with Gasteiger partial charge < -0.3 is 5.26 Å². The van der Waals surface area contributed by atoms with Crippen molar-refractivity contribution in [1.82, 2.24) is 0 Å². The quantitative estimate of drug-likeness (QED) is 0.194. The second-order valence-corrected chi connectivity index (χ2v) is 8.25. The Morgan fingerprint density at radius 2 is 1.86 bits per heavy atom. The van der Waals surface area contributed by atoms with Gasteiger partial charge in [0.15, 0.2) is 12.3 Å². The molecule has 0 aromatic heterocycles. The predicted octanol–water partition coefficient (Wildman–Crippen LogP) is 3.04. The standard InChI is InChI=1S/C20H31N2O5S/c1-7-22(8-2,9-3)25-19(23)12-13-21-15(4)20(5,6)17-14-16(28-27-26-24)10-11-18(17)21/h10-11,14H,7-9,12-13H2,1-6H3/q+1. The Kier molecular flexibility index (Phi) is 7.64. The maximum Gasteiger partial charge on any atom is 0.373 e. The normalized spacial score (nSPS) is 15.7. The summed E-state index contributed by atoms with van der Waals surface area (Å²) in [6.45, 7) is 15.3. The first-order chi connectivity index (χ1) is 13.2. The molecule has 0 atom stereocenters. The Bertz CT molecular complexity index is 736. The fraction of sp³-hybridized carbons (Fsp3) is 0.600. The second kappa shape index (κ2) is 9.37. The third kappa shape index (κ3) is 4.58. The Balaban J connectivity index is 2.16. The minimum absolute atomic E-state index is 0.183. The van der Waals surface area contributed by atoms with Crippen LogP contribution in [-0.2, 0) is 24.4 Å². The average Bonchev–Trinajstić information content (AvgIpc) is 2.89. The van der Waals surface area contributed by atoms with Crippen molar-refractivity contribution in [3.8, 4) is 0 Å². The van der Waals surface area contributed by atoms with E-state index >= 15 is 0 Å². The summed E-state index contributed by atoms with van der Waals surface area (Å²) < 4.78 is 6.96. The molecule has 0 N–H and O–H groups in total. The van der Waals surface area contributed by atoms with Crippen LogP contribution in [0.25, 0.3) is 0 Å². The van der Waals surface area contributed by atoms with E-state index < -0.39 is 0 Å². The van der Waals surface area contributed by atoms with Gasteiger partial charge in [-0.05, 0) is 46.8 Å². The summed E-state index contributed by atoms with van der Waals surface area (Å²) in [5.41, 5.74) is 3.16. The molecule has 0 bridgehead atoms. The molecule has 1 heterocycles. The van der Waals surface area contributed by atoms with E-state index in [9.17, 15) is 10.1 Å². The van der Waals surface area contributed by atoms with Crippen molar-refractivity contribution in [2.75, 3.05) is 26.2 Å². The zero-order valence-corrected chi connectivity index (χ0v) is 18.4. The summed E-state index contributed by atoms with van der Waals surface area (Å²) in [6, 6.07) is 5.85. The van der Waals surface area contributed by atoms with Gasteiger partial charge >= 0.3 is 5.97 Å². The van der Waals surface area contributed by atoms with Crippen molar-refractivity contribution < 1.29 is 33.5 Å². The van der Waals surface area contributed by atoms with E-state index in [1.165, 1.54) is 5.71 Å². The minimum Gasteiger partial charge on any atom is -0.691 e. The lowest BCUT2D eigenvalue weighted by molar-refractivity contribution is -1.09. The molecule has 7 nitrogen and oxygen atoms in total.